The van der Waals surface area contributed by atoms with Crippen LogP contribution in [0.3, 0.4) is 0 Å². The van der Waals surface area contributed by atoms with Crippen molar-refractivity contribution in [3.05, 3.63) is 0 Å². The zero-order valence-electron chi connectivity index (χ0n) is 8.05. The van der Waals surface area contributed by atoms with E-state index in [2.05, 4.69) is 12.6 Å². The van der Waals surface area contributed by atoms with Gasteiger partial charge in [-0.1, -0.05) is 0 Å². The minimum atomic E-state index is -2.12. The Morgan fingerprint density at radius 3 is 1.81 bits per heavy atom. The number of hydrogen-bond acceptors (Lipinski definition) is 6. The minimum Gasteiger partial charge on any atom is -0.480 e. The zero-order valence-corrected chi connectivity index (χ0v) is 10.6. The molecule has 0 aliphatic rings. The van der Waals surface area contributed by atoms with Gasteiger partial charge in [0.2, 0.25) is 0 Å². The van der Waals surface area contributed by atoms with Gasteiger partial charge < -0.3 is 25.7 Å². The van der Waals surface area contributed by atoms with Gasteiger partial charge in [0.05, 0.1) is 5.75 Å². The van der Waals surface area contributed by atoms with Crippen molar-refractivity contribution >= 4 is 40.8 Å². The van der Waals surface area contributed by atoms with Crippen LogP contribution in [0.1, 0.15) is 0 Å². The number of carboxylic acid groups (broad SMARTS) is 1. The molecule has 0 saturated carbocycles. The van der Waals surface area contributed by atoms with E-state index < -0.39 is 45.3 Å². The highest BCUT2D eigenvalue weighted by Crippen LogP contribution is 1.85. The normalized spacial score (nSPS) is 17.6. The Balaban J connectivity index is 0. The molecule has 0 fully saturated rings. The molecule has 0 saturated heterocycles. The largest absolute Gasteiger partial charge is 0.480 e. The summed E-state index contributed by atoms with van der Waals surface area (Å²) in [6, 6.07) is -1.24. The van der Waals surface area contributed by atoms with Gasteiger partial charge >= 0.3 is 5.97 Å². The fourth-order valence-electron chi connectivity index (χ4n) is 0.289. The topological polar surface area (TPSA) is 164 Å². The lowest BCUT2D eigenvalue weighted by Gasteiger charge is -1.99. The number of thiol groups is 1. The van der Waals surface area contributed by atoms with Crippen LogP contribution in [0.15, 0.2) is 0 Å². The molecule has 0 heterocycles. The number of hydrogen-bond donors (Lipinski definition) is 6. The summed E-state index contributed by atoms with van der Waals surface area (Å²) in [6.07, 6.45) is 0. The molecule has 0 amide bonds. The van der Waals surface area contributed by atoms with Crippen molar-refractivity contribution in [2.75, 3.05) is 11.5 Å². The van der Waals surface area contributed by atoms with Gasteiger partial charge in [-0.15, -0.1) is 0 Å². The molecule has 11 heteroatoms. The van der Waals surface area contributed by atoms with E-state index in [1.807, 2.05) is 0 Å². The molecule has 0 aromatic rings. The Labute approximate surface area is 103 Å². The quantitative estimate of drug-likeness (QED) is 0.251. The summed E-state index contributed by atoms with van der Waals surface area (Å²) in [5.41, 5.74) is 9.85. The Morgan fingerprint density at radius 2 is 1.75 bits per heavy atom. The van der Waals surface area contributed by atoms with E-state index in [1.165, 1.54) is 0 Å². The Kier molecular flexibility index (Phi) is 11.6. The highest BCUT2D eigenvalue weighted by atomic mass is 32.2. The predicted molar refractivity (Wildman–Crippen MR) is 63.8 cm³/mol. The average molecular weight is 294 g/mol. The van der Waals surface area contributed by atoms with Crippen LogP contribution in [0.5, 0.6) is 0 Å². The summed E-state index contributed by atoms with van der Waals surface area (Å²) in [5, 5.41) is 7.36. The molecule has 4 atom stereocenters. The summed E-state index contributed by atoms with van der Waals surface area (Å²) < 4.78 is 36.0. The molecule has 0 aromatic heterocycles. The number of nitrogens with two attached hydrogens (primary N) is 2. The third-order valence-corrected chi connectivity index (χ3v) is 3.05. The highest BCUT2D eigenvalue weighted by Gasteiger charge is 2.13. The molecule has 0 aliphatic heterocycles. The van der Waals surface area contributed by atoms with Gasteiger partial charge in [-0.3, -0.25) is 4.79 Å². The molecule has 0 bridgehead atoms. The Morgan fingerprint density at radius 1 is 1.31 bits per heavy atom. The SMILES string of the molecule is N[C@@H](CS(=O)O)C(=O)O.N[C@@H](CS)S(=O)O. The summed E-state index contributed by atoms with van der Waals surface area (Å²) >= 11 is -0.354. The van der Waals surface area contributed by atoms with Crippen molar-refractivity contribution in [1.29, 1.82) is 0 Å². The van der Waals surface area contributed by atoms with Crippen LogP contribution < -0.4 is 11.5 Å². The molecule has 0 spiro atoms. The second kappa shape index (κ2) is 10.1. The summed E-state index contributed by atoms with van der Waals surface area (Å²) in [4.78, 5) is 9.86. The van der Waals surface area contributed by atoms with Crippen molar-refractivity contribution < 1.29 is 27.4 Å². The van der Waals surface area contributed by atoms with Crippen LogP contribution in [0.25, 0.3) is 0 Å². The van der Waals surface area contributed by atoms with Crippen molar-refractivity contribution in [3.63, 3.8) is 0 Å². The van der Waals surface area contributed by atoms with Crippen LogP contribution in [0.2, 0.25) is 0 Å². The lowest BCUT2D eigenvalue weighted by atomic mass is 10.4. The molecule has 0 aromatic carbocycles. The molecule has 8 nitrogen and oxygen atoms in total. The van der Waals surface area contributed by atoms with Crippen LogP contribution in [0.4, 0.5) is 0 Å². The number of rotatable bonds is 5. The van der Waals surface area contributed by atoms with Crippen molar-refractivity contribution in [2.24, 2.45) is 11.5 Å². The maximum atomic E-state index is 9.88. The van der Waals surface area contributed by atoms with E-state index >= 15 is 0 Å². The predicted octanol–water partition coefficient (Wildman–Crippen LogP) is -1.96. The van der Waals surface area contributed by atoms with E-state index in [-0.39, 0.29) is 5.75 Å². The zero-order chi connectivity index (χ0) is 13.3. The lowest BCUT2D eigenvalue weighted by molar-refractivity contribution is -0.137. The molecule has 16 heavy (non-hydrogen) atoms. The first-order chi connectivity index (χ1) is 7.22. The van der Waals surface area contributed by atoms with E-state index in [0.29, 0.717) is 0 Å². The van der Waals surface area contributed by atoms with E-state index in [0.717, 1.165) is 0 Å². The fraction of sp³-hybridized carbons (Fsp3) is 0.800. The lowest BCUT2D eigenvalue weighted by Crippen LogP contribution is -2.35. The maximum absolute atomic E-state index is 9.88. The first-order valence-corrected chi connectivity index (χ1v) is 6.82. The third-order valence-electron chi connectivity index (χ3n) is 1.08. The standard InChI is InChI=1S/C3H7NO4S.C2H7NO2S2/c4-2(3(5)6)1-9(7)8;3-2(1-6)7(4)5/h2H,1,4H2,(H,5,6)(H,7,8);2,6H,1,3H2,(H,4,5)/t2*2-/m01/s1. The molecule has 98 valence electrons. The van der Waals surface area contributed by atoms with Crippen LogP contribution >= 0.6 is 12.6 Å². The molecule has 2 unspecified atom stereocenters. The second-order valence-electron chi connectivity index (χ2n) is 2.43. The molecular weight excluding hydrogens is 280 g/mol. The van der Waals surface area contributed by atoms with Gasteiger partial charge in [-0.2, -0.15) is 12.6 Å². The van der Waals surface area contributed by atoms with E-state index in [9.17, 15) is 13.2 Å². The first-order valence-electron chi connectivity index (χ1n) is 3.74. The third kappa shape index (κ3) is 12.0. The van der Waals surface area contributed by atoms with E-state index in [4.69, 9.17) is 25.7 Å². The van der Waals surface area contributed by atoms with Crippen LogP contribution in [0, 0.1) is 0 Å². The monoisotopic (exact) mass is 294 g/mol. The average Bonchev–Trinajstić information content (AvgIpc) is 2.16. The molecule has 0 aliphatic carbocycles. The van der Waals surface area contributed by atoms with Gasteiger partial charge in [0, 0.05) is 5.75 Å². The molecule has 0 rings (SSSR count). The van der Waals surface area contributed by atoms with Gasteiger partial charge in [0.1, 0.15) is 11.4 Å². The van der Waals surface area contributed by atoms with Crippen LogP contribution in [-0.2, 0) is 27.0 Å². The van der Waals surface area contributed by atoms with Crippen molar-refractivity contribution in [3.8, 4) is 0 Å². The van der Waals surface area contributed by atoms with Gasteiger partial charge in [0.25, 0.3) is 0 Å². The minimum absolute atomic E-state index is 0.239. The Hall–Kier alpha value is -0.0400. The number of aliphatic carboxylic acids is 1. The van der Waals surface area contributed by atoms with Crippen molar-refractivity contribution in [2.45, 2.75) is 11.4 Å². The highest BCUT2D eigenvalue weighted by molar-refractivity contribution is 7.84. The molecular formula is C5H14N2O6S3. The number of carboxylic acids is 1. The first kappa shape index (κ1) is 18.3. The molecule has 7 N–H and O–H groups in total. The smallest absolute Gasteiger partial charge is 0.321 e. The second-order valence-corrected chi connectivity index (χ2v) is 4.93. The fourth-order valence-corrected chi connectivity index (χ4v) is 1.25. The maximum Gasteiger partial charge on any atom is 0.321 e. The summed E-state index contributed by atoms with van der Waals surface area (Å²) in [7, 11) is 0. The number of carbonyl (C=O) groups is 1. The van der Waals surface area contributed by atoms with Crippen LogP contribution in [-0.4, -0.2) is 51.5 Å². The molecule has 0 radical (unpaired) electrons. The van der Waals surface area contributed by atoms with Gasteiger partial charge in [-0.05, 0) is 0 Å². The van der Waals surface area contributed by atoms with Crippen molar-refractivity contribution in [1.82, 2.24) is 0 Å². The summed E-state index contributed by atoms with van der Waals surface area (Å²) in [6.45, 7) is 0. The summed E-state index contributed by atoms with van der Waals surface area (Å²) in [5.74, 6) is -1.45. The van der Waals surface area contributed by atoms with Gasteiger partial charge in [-0.25, -0.2) is 8.42 Å². The van der Waals surface area contributed by atoms with E-state index in [1.54, 1.807) is 0 Å². The van der Waals surface area contributed by atoms with Gasteiger partial charge in [0.15, 0.2) is 22.2 Å². The Bertz CT molecular complexity index is 263.